The predicted molar refractivity (Wildman–Crippen MR) is 46.6 cm³/mol. The van der Waals surface area contributed by atoms with Gasteiger partial charge in [-0.15, -0.1) is 0 Å². The number of nitrogens with zero attached hydrogens (tertiary/aromatic N) is 1. The quantitative estimate of drug-likeness (QED) is 0.583. The molecule has 0 rings (SSSR count). The highest BCUT2D eigenvalue weighted by Crippen LogP contribution is 2.06. The van der Waals surface area contributed by atoms with E-state index in [1.54, 1.807) is 0 Å². The summed E-state index contributed by atoms with van der Waals surface area (Å²) >= 11 is 0. The topological polar surface area (TPSA) is 37.4 Å². The van der Waals surface area contributed by atoms with Crippen LogP contribution in [0.5, 0.6) is 0 Å². The van der Waals surface area contributed by atoms with Crippen LogP contribution in [-0.4, -0.2) is 24.0 Å². The Hall–Kier alpha value is 0.160. The molecule has 0 radical (unpaired) electrons. The van der Waals surface area contributed by atoms with Crippen molar-refractivity contribution >= 4 is 16.9 Å². The largest absolute Gasteiger partial charge is 0.282 e. The van der Waals surface area contributed by atoms with Gasteiger partial charge in [-0.05, 0) is 13.0 Å². The smallest absolute Gasteiger partial charge is 0.170 e. The van der Waals surface area contributed by atoms with Crippen molar-refractivity contribution in [2.75, 3.05) is 19.1 Å². The third kappa shape index (κ3) is 6.55. The van der Waals surface area contributed by atoms with E-state index in [1.807, 2.05) is 4.90 Å². The molecule has 3 nitrogen and oxygen atoms in total. The van der Waals surface area contributed by atoms with E-state index in [2.05, 4.69) is 6.92 Å². The normalized spacial score (nSPS) is 11.5. The van der Waals surface area contributed by atoms with Gasteiger partial charge in [0.2, 0.25) is 0 Å². The van der Waals surface area contributed by atoms with E-state index in [0.29, 0.717) is 12.6 Å². The molecule has 5 heteroatoms. The molecule has 0 amide bonds. The zero-order valence-electron chi connectivity index (χ0n) is 6.69. The molecule has 0 aliphatic heterocycles. The van der Waals surface area contributed by atoms with E-state index in [4.69, 9.17) is 0 Å². The van der Waals surface area contributed by atoms with Crippen LogP contribution in [0.2, 0.25) is 0 Å². The molecular formula is C6H13NO2P2. The first kappa shape index (κ1) is 11.2. The molecule has 64 valence electrons. The molecule has 0 aromatic rings. The second-order valence-electron chi connectivity index (χ2n) is 2.29. The Balaban J connectivity index is 3.49. The first-order valence-corrected chi connectivity index (χ1v) is 5.65. The minimum absolute atomic E-state index is 0.112. The molecular weight excluding hydrogens is 180 g/mol. The highest BCUT2D eigenvalue weighted by molar-refractivity contribution is 7.24. The average molecular weight is 193 g/mol. The lowest BCUT2D eigenvalue weighted by atomic mass is 10.3. The number of unbranched alkanes of at least 4 members (excludes halogenated alkanes) is 1. The molecule has 0 N–H and O–H groups in total. The average Bonchev–Trinajstić information content (AvgIpc) is 2.01. The Morgan fingerprint density at radius 2 is 1.73 bits per heavy atom. The van der Waals surface area contributed by atoms with Crippen molar-refractivity contribution in [3.05, 3.63) is 0 Å². The summed E-state index contributed by atoms with van der Waals surface area (Å²) in [7, 11) is 0.224. The van der Waals surface area contributed by atoms with E-state index in [-0.39, 0.29) is 16.9 Å². The van der Waals surface area contributed by atoms with Gasteiger partial charge in [0, 0.05) is 0 Å². The molecule has 0 atom stereocenters. The van der Waals surface area contributed by atoms with Gasteiger partial charge >= 0.3 is 0 Å². The molecule has 0 saturated heterocycles. The van der Waals surface area contributed by atoms with Crippen molar-refractivity contribution in [3.63, 3.8) is 0 Å². The fourth-order valence-electron chi connectivity index (χ4n) is 0.731. The summed E-state index contributed by atoms with van der Waals surface area (Å²) in [5, 5.41) is 0. The fraction of sp³-hybridized carbons (Fsp3) is 1.00. The maximum absolute atomic E-state index is 10.2. The first-order valence-electron chi connectivity index (χ1n) is 3.65. The van der Waals surface area contributed by atoms with E-state index in [9.17, 15) is 9.13 Å². The van der Waals surface area contributed by atoms with Crippen molar-refractivity contribution in [3.8, 4) is 0 Å². The number of rotatable bonds is 7. The van der Waals surface area contributed by atoms with Gasteiger partial charge in [-0.1, -0.05) is 13.3 Å². The van der Waals surface area contributed by atoms with Crippen LogP contribution >= 0.6 is 16.9 Å². The van der Waals surface area contributed by atoms with Crippen molar-refractivity contribution in [1.29, 1.82) is 0 Å². The van der Waals surface area contributed by atoms with Crippen LogP contribution in [-0.2, 0) is 9.13 Å². The Morgan fingerprint density at radius 3 is 2.09 bits per heavy atom. The Kier molecular flexibility index (Phi) is 8.38. The summed E-state index contributed by atoms with van der Waals surface area (Å²) in [6, 6.07) is 0. The maximum Gasteiger partial charge on any atom is 0.170 e. The minimum atomic E-state index is 0.112. The van der Waals surface area contributed by atoms with Gasteiger partial charge in [0.1, 0.15) is 0 Å². The van der Waals surface area contributed by atoms with Crippen LogP contribution in [0.4, 0.5) is 0 Å². The Morgan fingerprint density at radius 1 is 1.18 bits per heavy atom. The fourth-order valence-corrected chi connectivity index (χ4v) is 1.70. The van der Waals surface area contributed by atoms with Gasteiger partial charge in [0.15, 0.2) is 16.9 Å². The van der Waals surface area contributed by atoms with Crippen molar-refractivity contribution in [2.45, 2.75) is 19.8 Å². The van der Waals surface area contributed by atoms with E-state index in [1.165, 1.54) is 0 Å². The molecule has 0 aliphatic rings. The van der Waals surface area contributed by atoms with Crippen molar-refractivity contribution < 1.29 is 9.13 Å². The van der Waals surface area contributed by atoms with Crippen LogP contribution in [0.25, 0.3) is 0 Å². The molecule has 0 aromatic carbocycles. The monoisotopic (exact) mass is 193 g/mol. The Bertz CT molecular complexity index is 111. The molecule has 0 spiro atoms. The van der Waals surface area contributed by atoms with Gasteiger partial charge in [0.25, 0.3) is 0 Å². The third-order valence-electron chi connectivity index (χ3n) is 1.34. The maximum atomic E-state index is 10.2. The molecule has 11 heavy (non-hydrogen) atoms. The van der Waals surface area contributed by atoms with Crippen LogP contribution in [0.3, 0.4) is 0 Å². The van der Waals surface area contributed by atoms with Gasteiger partial charge in [-0.25, -0.2) is 0 Å². The lowest BCUT2D eigenvalue weighted by Crippen LogP contribution is -2.21. The van der Waals surface area contributed by atoms with E-state index < -0.39 is 0 Å². The SMILES string of the molecule is CCCCN(CP=O)CP=O. The van der Waals surface area contributed by atoms with Gasteiger partial charge in [-0.3, -0.25) is 14.0 Å². The third-order valence-corrected chi connectivity index (χ3v) is 2.37. The zero-order valence-corrected chi connectivity index (χ0v) is 8.48. The highest BCUT2D eigenvalue weighted by Gasteiger charge is 2.01. The molecule has 0 unspecified atom stereocenters. The lowest BCUT2D eigenvalue weighted by Gasteiger charge is -2.13. The van der Waals surface area contributed by atoms with E-state index >= 15 is 0 Å². The van der Waals surface area contributed by atoms with Gasteiger partial charge in [-0.2, -0.15) is 0 Å². The second-order valence-corrected chi connectivity index (χ2v) is 3.37. The molecule has 0 bridgehead atoms. The molecule has 0 heterocycles. The van der Waals surface area contributed by atoms with Crippen molar-refractivity contribution in [1.82, 2.24) is 4.90 Å². The summed E-state index contributed by atoms with van der Waals surface area (Å²) in [5.41, 5.74) is 0. The molecule has 0 aliphatic carbocycles. The van der Waals surface area contributed by atoms with Crippen LogP contribution in [0.15, 0.2) is 0 Å². The van der Waals surface area contributed by atoms with Crippen molar-refractivity contribution in [2.24, 2.45) is 0 Å². The number of hydrogen-bond donors (Lipinski definition) is 0. The minimum Gasteiger partial charge on any atom is -0.282 e. The van der Waals surface area contributed by atoms with E-state index in [0.717, 1.165) is 19.4 Å². The zero-order chi connectivity index (χ0) is 8.53. The molecule has 0 saturated carbocycles. The van der Waals surface area contributed by atoms with Gasteiger partial charge < -0.3 is 0 Å². The van der Waals surface area contributed by atoms with Crippen LogP contribution in [0.1, 0.15) is 19.8 Å². The predicted octanol–water partition coefficient (Wildman–Crippen LogP) is 2.59. The summed E-state index contributed by atoms with van der Waals surface area (Å²) in [6.45, 7) is 2.99. The highest BCUT2D eigenvalue weighted by atomic mass is 31.1. The number of hydrogen-bond acceptors (Lipinski definition) is 3. The summed E-state index contributed by atoms with van der Waals surface area (Å²) in [4.78, 5) is 1.92. The molecule has 0 fully saturated rings. The first-order chi connectivity index (χ1) is 5.35. The van der Waals surface area contributed by atoms with Gasteiger partial charge in [0.05, 0.1) is 12.6 Å². The Labute approximate surface area is 70.6 Å². The molecule has 0 aromatic heterocycles. The lowest BCUT2D eigenvalue weighted by molar-refractivity contribution is 0.358. The summed E-state index contributed by atoms with van der Waals surface area (Å²) < 4.78 is 20.4. The second kappa shape index (κ2) is 8.26. The van der Waals surface area contributed by atoms with Crippen LogP contribution < -0.4 is 0 Å². The van der Waals surface area contributed by atoms with Crippen LogP contribution in [0, 0.1) is 0 Å². The summed E-state index contributed by atoms with van der Waals surface area (Å²) in [6.07, 6.45) is 3.18. The standard InChI is InChI=1S/C6H13NO2P2/c1-2-3-4-7(5-10-8)6-11-9/h2-6H2,1H3. The summed E-state index contributed by atoms with van der Waals surface area (Å²) in [5.74, 6) is 0.